The fourth-order valence-electron chi connectivity index (χ4n) is 5.61. The Morgan fingerprint density at radius 3 is 1.55 bits per heavy atom. The molecule has 0 amide bonds. The van der Waals surface area contributed by atoms with Crippen LogP contribution in [0, 0.1) is 0 Å². The van der Waals surface area contributed by atoms with E-state index in [0.717, 1.165) is 32.1 Å². The van der Waals surface area contributed by atoms with Crippen molar-refractivity contribution < 1.29 is 37.3 Å². The molecule has 0 aliphatic rings. The average Bonchev–Trinajstić information content (AvgIpc) is 3.04. The second-order valence-corrected chi connectivity index (χ2v) is 16.5. The Labute approximate surface area is 303 Å². The van der Waals surface area contributed by atoms with E-state index in [1.807, 2.05) is 21.1 Å². The lowest BCUT2D eigenvalue weighted by atomic mass is 10.1. The molecule has 0 aromatic rings. The van der Waals surface area contributed by atoms with Crippen molar-refractivity contribution in [3.05, 3.63) is 12.2 Å². The number of quaternary nitrogens is 1. The molecule has 2 atom stereocenters. The molecule has 0 heterocycles. The molecule has 2 unspecified atom stereocenters. The molecule has 0 spiro atoms. The SMILES string of the molecule is CCCCCCCCCC/C=C\CCCCCCCCCCCC(=O)OC(COCCCCCCCC)COP(=O)(O)OCC[N+](C)(C)C. The van der Waals surface area contributed by atoms with Crippen LogP contribution in [0.2, 0.25) is 0 Å². The number of carbonyl (C=O) groups excluding carboxylic acids is 1. The van der Waals surface area contributed by atoms with Gasteiger partial charge in [-0.05, 0) is 38.5 Å². The van der Waals surface area contributed by atoms with Crippen LogP contribution in [-0.2, 0) is 27.9 Å². The van der Waals surface area contributed by atoms with E-state index in [2.05, 4.69) is 26.0 Å². The van der Waals surface area contributed by atoms with Crippen LogP contribution in [0.1, 0.15) is 181 Å². The Balaban J connectivity index is 4.04. The number of phosphoric acid groups is 1. The van der Waals surface area contributed by atoms with Crippen LogP contribution >= 0.6 is 7.82 Å². The third kappa shape index (κ3) is 38.3. The van der Waals surface area contributed by atoms with Gasteiger partial charge in [-0.2, -0.15) is 0 Å². The summed E-state index contributed by atoms with van der Waals surface area (Å²) < 4.78 is 34.7. The summed E-state index contributed by atoms with van der Waals surface area (Å²) in [6.07, 6.45) is 35.5. The van der Waals surface area contributed by atoms with Gasteiger partial charge in [0.2, 0.25) is 0 Å². The van der Waals surface area contributed by atoms with E-state index in [4.69, 9.17) is 18.5 Å². The van der Waals surface area contributed by atoms with Gasteiger partial charge in [0.25, 0.3) is 0 Å². The summed E-state index contributed by atoms with van der Waals surface area (Å²) in [4.78, 5) is 22.7. The van der Waals surface area contributed by atoms with Crippen molar-refractivity contribution in [2.75, 3.05) is 54.1 Å². The van der Waals surface area contributed by atoms with E-state index in [1.165, 1.54) is 128 Å². The summed E-state index contributed by atoms with van der Waals surface area (Å²) in [5.74, 6) is -0.317. The van der Waals surface area contributed by atoms with E-state index in [1.54, 1.807) is 0 Å². The Bertz CT molecular complexity index is 802. The maximum atomic E-state index is 12.6. The first-order valence-corrected chi connectivity index (χ1v) is 21.9. The molecule has 0 aromatic heterocycles. The fraction of sp³-hybridized carbons (Fsp3) is 0.925. The van der Waals surface area contributed by atoms with Crippen molar-refractivity contribution in [3.63, 3.8) is 0 Å². The topological polar surface area (TPSA) is 91.3 Å². The summed E-state index contributed by atoms with van der Waals surface area (Å²) in [6.45, 7) is 5.59. The molecule has 49 heavy (non-hydrogen) atoms. The zero-order chi connectivity index (χ0) is 36.3. The maximum absolute atomic E-state index is 12.6. The number of unbranched alkanes of at least 4 members (excludes halogenated alkanes) is 22. The van der Waals surface area contributed by atoms with Crippen molar-refractivity contribution in [3.8, 4) is 0 Å². The van der Waals surface area contributed by atoms with Gasteiger partial charge >= 0.3 is 13.8 Å². The van der Waals surface area contributed by atoms with Gasteiger partial charge in [-0.15, -0.1) is 0 Å². The smallest absolute Gasteiger partial charge is 0.457 e. The van der Waals surface area contributed by atoms with Crippen molar-refractivity contribution >= 4 is 13.8 Å². The molecule has 8 nitrogen and oxygen atoms in total. The van der Waals surface area contributed by atoms with Crippen LogP contribution in [0.3, 0.4) is 0 Å². The number of hydrogen-bond acceptors (Lipinski definition) is 6. The Morgan fingerprint density at radius 1 is 0.612 bits per heavy atom. The number of hydrogen-bond donors (Lipinski definition) is 1. The van der Waals surface area contributed by atoms with Gasteiger partial charge in [0.05, 0.1) is 34.4 Å². The third-order valence-corrected chi connectivity index (χ3v) is 9.81. The third-order valence-electron chi connectivity index (χ3n) is 8.83. The predicted molar refractivity (Wildman–Crippen MR) is 206 cm³/mol. The molecule has 0 radical (unpaired) electrons. The lowest BCUT2D eigenvalue weighted by Gasteiger charge is -2.24. The van der Waals surface area contributed by atoms with E-state index < -0.39 is 13.9 Å². The van der Waals surface area contributed by atoms with Crippen LogP contribution < -0.4 is 0 Å². The number of esters is 1. The molecule has 1 N–H and O–H groups in total. The zero-order valence-corrected chi connectivity index (χ0v) is 33.8. The largest absolute Gasteiger partial charge is 0.472 e. The fourth-order valence-corrected chi connectivity index (χ4v) is 6.35. The zero-order valence-electron chi connectivity index (χ0n) is 32.9. The number of ether oxygens (including phenoxy) is 2. The quantitative estimate of drug-likeness (QED) is 0.0223. The highest BCUT2D eigenvalue weighted by molar-refractivity contribution is 7.47. The molecule has 0 rings (SSSR count). The minimum Gasteiger partial charge on any atom is -0.457 e. The molecule has 9 heteroatoms. The van der Waals surface area contributed by atoms with Gasteiger partial charge in [0.1, 0.15) is 19.3 Å². The molecule has 0 aromatic carbocycles. The van der Waals surface area contributed by atoms with Gasteiger partial charge in [-0.1, -0.05) is 148 Å². The molecule has 0 aliphatic carbocycles. The first-order chi connectivity index (χ1) is 23.6. The van der Waals surface area contributed by atoms with Crippen LogP contribution in [0.5, 0.6) is 0 Å². The summed E-state index contributed by atoms with van der Waals surface area (Å²) in [7, 11) is 1.67. The minimum absolute atomic E-state index is 0.0906. The van der Waals surface area contributed by atoms with Crippen molar-refractivity contribution in [2.24, 2.45) is 0 Å². The monoisotopic (exact) mass is 719 g/mol. The van der Waals surface area contributed by atoms with Gasteiger partial charge in [-0.25, -0.2) is 4.57 Å². The number of nitrogens with zero attached hydrogens (tertiary/aromatic N) is 1. The second kappa shape index (κ2) is 34.3. The number of phosphoric ester groups is 1. The highest BCUT2D eigenvalue weighted by Gasteiger charge is 2.26. The van der Waals surface area contributed by atoms with Crippen LogP contribution in [0.15, 0.2) is 12.2 Å². The van der Waals surface area contributed by atoms with E-state index >= 15 is 0 Å². The number of allylic oxidation sites excluding steroid dienone is 2. The average molecular weight is 719 g/mol. The normalized spacial score (nSPS) is 14.0. The van der Waals surface area contributed by atoms with Crippen molar-refractivity contribution in [1.82, 2.24) is 0 Å². The number of rotatable bonds is 38. The second-order valence-electron chi connectivity index (χ2n) is 15.0. The lowest BCUT2D eigenvalue weighted by molar-refractivity contribution is -0.870. The van der Waals surface area contributed by atoms with Gasteiger partial charge in [0.15, 0.2) is 0 Å². The molecule has 0 saturated carbocycles. The first-order valence-electron chi connectivity index (χ1n) is 20.4. The van der Waals surface area contributed by atoms with Crippen LogP contribution in [0.25, 0.3) is 0 Å². The first kappa shape index (κ1) is 48.2. The Morgan fingerprint density at radius 2 is 1.06 bits per heavy atom. The molecule has 0 saturated heterocycles. The van der Waals surface area contributed by atoms with Gasteiger partial charge < -0.3 is 18.9 Å². The van der Waals surface area contributed by atoms with Crippen LogP contribution in [-0.4, -0.2) is 75.6 Å². The van der Waals surface area contributed by atoms with E-state index in [-0.39, 0.29) is 25.8 Å². The highest BCUT2D eigenvalue weighted by atomic mass is 31.2. The van der Waals surface area contributed by atoms with Gasteiger partial charge in [-0.3, -0.25) is 13.8 Å². The molecule has 292 valence electrons. The summed E-state index contributed by atoms with van der Waals surface area (Å²) >= 11 is 0. The summed E-state index contributed by atoms with van der Waals surface area (Å²) in [5, 5.41) is 0. The Hall–Kier alpha value is -0.760. The molecular formula is C40H81NO7P+. The highest BCUT2D eigenvalue weighted by Crippen LogP contribution is 2.43. The predicted octanol–water partition coefficient (Wildman–Crippen LogP) is 11.5. The number of carbonyl (C=O) groups is 1. The maximum Gasteiger partial charge on any atom is 0.472 e. The van der Waals surface area contributed by atoms with Crippen molar-refractivity contribution in [1.29, 1.82) is 0 Å². The lowest BCUT2D eigenvalue weighted by Crippen LogP contribution is -2.37. The molecule has 0 aliphatic heterocycles. The number of likely N-dealkylation sites (N-methyl/N-ethyl adjacent to an activating group) is 1. The van der Waals surface area contributed by atoms with E-state index in [9.17, 15) is 14.3 Å². The standard InChI is InChI=1S/C40H80NO7P/c1-6-8-10-12-14-15-16-17-18-19-20-21-22-23-24-25-26-27-28-29-31-33-40(42)48-39(37-45-35-32-30-13-11-9-7-2)38-47-49(43,44)46-36-34-41(3,4)5/h19-20,39H,6-18,21-38H2,1-5H3/p+1/b20-19-. The van der Waals surface area contributed by atoms with Crippen molar-refractivity contribution in [2.45, 2.75) is 187 Å². The summed E-state index contributed by atoms with van der Waals surface area (Å²) in [6, 6.07) is 0. The summed E-state index contributed by atoms with van der Waals surface area (Å²) in [5.41, 5.74) is 0. The van der Waals surface area contributed by atoms with Gasteiger partial charge in [0, 0.05) is 13.0 Å². The van der Waals surface area contributed by atoms with E-state index in [0.29, 0.717) is 24.1 Å². The molecular weight excluding hydrogens is 637 g/mol. The molecule has 0 bridgehead atoms. The molecule has 0 fully saturated rings. The Kier molecular flexibility index (Phi) is 33.8. The minimum atomic E-state index is -4.26. The van der Waals surface area contributed by atoms with Crippen LogP contribution in [0.4, 0.5) is 0 Å².